The van der Waals surface area contributed by atoms with Crippen molar-refractivity contribution < 1.29 is 17.6 Å². The number of hydrogen-bond acceptors (Lipinski definition) is 6. The highest BCUT2D eigenvalue weighted by molar-refractivity contribution is 7.90. The van der Waals surface area contributed by atoms with Gasteiger partial charge >= 0.3 is 5.22 Å². The van der Waals surface area contributed by atoms with Crippen LogP contribution in [0.25, 0.3) is 0 Å². The highest BCUT2D eigenvalue weighted by Gasteiger charge is 2.22. The third kappa shape index (κ3) is 5.17. The zero-order valence-electron chi connectivity index (χ0n) is 12.9. The minimum Gasteiger partial charge on any atom is -0.413 e. The van der Waals surface area contributed by atoms with E-state index in [1.807, 2.05) is 6.07 Å². The molecule has 124 valence electrons. The molecular formula is C15H19N3O4S. The molecule has 0 aliphatic carbocycles. The van der Waals surface area contributed by atoms with Crippen molar-refractivity contribution in [3.8, 4) is 0 Å². The Kier molecular flexibility index (Phi) is 5.86. The molecule has 1 heterocycles. The molecular weight excluding hydrogens is 318 g/mol. The molecule has 0 bridgehead atoms. The van der Waals surface area contributed by atoms with Crippen LogP contribution in [0.4, 0.5) is 0 Å². The van der Waals surface area contributed by atoms with E-state index in [1.54, 1.807) is 31.2 Å². The standard InChI is InChI=1S/C15H19N3O4S/c1-2-13(19)16-10-6-9-14-17-18-15(22-14)23(20,21)11-12-7-4-3-5-8-12/h3-5,7-8H,2,6,9-11H2,1H3,(H,16,19). The van der Waals surface area contributed by atoms with Crippen LogP contribution in [0.15, 0.2) is 40.0 Å². The summed E-state index contributed by atoms with van der Waals surface area (Å²) in [6.07, 6.45) is 1.45. The summed E-state index contributed by atoms with van der Waals surface area (Å²) >= 11 is 0. The van der Waals surface area contributed by atoms with E-state index in [0.29, 0.717) is 31.4 Å². The van der Waals surface area contributed by atoms with Gasteiger partial charge in [-0.1, -0.05) is 42.4 Å². The maximum Gasteiger partial charge on any atom is 0.335 e. The maximum absolute atomic E-state index is 12.2. The first-order chi connectivity index (χ1) is 11.0. The number of sulfone groups is 1. The highest BCUT2D eigenvalue weighted by atomic mass is 32.2. The number of nitrogens with one attached hydrogen (secondary N) is 1. The Morgan fingerprint density at radius 2 is 1.96 bits per heavy atom. The smallest absolute Gasteiger partial charge is 0.335 e. The molecule has 2 rings (SSSR count). The summed E-state index contributed by atoms with van der Waals surface area (Å²) in [6, 6.07) is 8.82. The molecule has 0 spiro atoms. The third-order valence-electron chi connectivity index (χ3n) is 3.12. The average molecular weight is 337 g/mol. The van der Waals surface area contributed by atoms with Crippen molar-refractivity contribution in [2.75, 3.05) is 6.54 Å². The second kappa shape index (κ2) is 7.87. The van der Waals surface area contributed by atoms with Crippen LogP contribution in [-0.2, 0) is 26.8 Å². The lowest BCUT2D eigenvalue weighted by Crippen LogP contribution is -2.23. The number of rotatable bonds is 8. The Labute approximate surface area is 135 Å². The molecule has 0 aliphatic heterocycles. The fourth-order valence-electron chi connectivity index (χ4n) is 1.91. The average Bonchev–Trinajstić information content (AvgIpc) is 3.01. The van der Waals surface area contributed by atoms with Crippen LogP contribution >= 0.6 is 0 Å². The fraction of sp³-hybridized carbons (Fsp3) is 0.400. The second-order valence-corrected chi connectivity index (χ2v) is 6.88. The zero-order valence-corrected chi connectivity index (χ0v) is 13.7. The molecule has 0 saturated heterocycles. The summed E-state index contributed by atoms with van der Waals surface area (Å²) in [5.41, 5.74) is 0.662. The SMILES string of the molecule is CCC(=O)NCCCc1nnc(S(=O)(=O)Cc2ccccc2)o1. The third-order valence-corrected chi connectivity index (χ3v) is 4.54. The van der Waals surface area contributed by atoms with Crippen molar-refractivity contribution in [1.82, 2.24) is 15.5 Å². The molecule has 2 aromatic rings. The maximum atomic E-state index is 12.2. The van der Waals surface area contributed by atoms with E-state index >= 15 is 0 Å². The van der Waals surface area contributed by atoms with Crippen LogP contribution in [0, 0.1) is 0 Å². The van der Waals surface area contributed by atoms with Gasteiger partial charge in [-0.3, -0.25) is 4.79 Å². The van der Waals surface area contributed by atoms with Crippen molar-refractivity contribution >= 4 is 15.7 Å². The second-order valence-electron chi connectivity index (χ2n) is 5.01. The summed E-state index contributed by atoms with van der Waals surface area (Å²) in [5.74, 6) is 0.0474. The number of carbonyl (C=O) groups is 1. The zero-order chi connectivity index (χ0) is 16.7. The molecule has 1 aromatic carbocycles. The molecule has 23 heavy (non-hydrogen) atoms. The summed E-state index contributed by atoms with van der Waals surface area (Å²) in [5, 5.41) is 9.73. The molecule has 1 amide bonds. The van der Waals surface area contributed by atoms with Crippen LogP contribution in [0.3, 0.4) is 0 Å². The lowest BCUT2D eigenvalue weighted by atomic mass is 10.2. The van der Waals surface area contributed by atoms with E-state index in [4.69, 9.17) is 4.42 Å². The van der Waals surface area contributed by atoms with E-state index < -0.39 is 9.84 Å². The van der Waals surface area contributed by atoms with Crippen LogP contribution in [0.2, 0.25) is 0 Å². The summed E-state index contributed by atoms with van der Waals surface area (Å²) < 4.78 is 29.7. The largest absolute Gasteiger partial charge is 0.413 e. The van der Waals surface area contributed by atoms with Gasteiger partial charge in [0.1, 0.15) is 0 Å². The highest BCUT2D eigenvalue weighted by Crippen LogP contribution is 2.15. The van der Waals surface area contributed by atoms with Crippen molar-refractivity contribution in [2.45, 2.75) is 37.2 Å². The first-order valence-corrected chi connectivity index (χ1v) is 9.02. The van der Waals surface area contributed by atoms with Gasteiger partial charge in [0.2, 0.25) is 21.6 Å². The molecule has 0 aliphatic rings. The molecule has 7 nitrogen and oxygen atoms in total. The Hall–Kier alpha value is -2.22. The van der Waals surface area contributed by atoms with E-state index in [2.05, 4.69) is 15.5 Å². The quantitative estimate of drug-likeness (QED) is 0.732. The Balaban J connectivity index is 1.91. The Morgan fingerprint density at radius 3 is 2.65 bits per heavy atom. The van der Waals surface area contributed by atoms with Crippen molar-refractivity contribution in [2.24, 2.45) is 0 Å². The molecule has 0 saturated carbocycles. The van der Waals surface area contributed by atoms with Gasteiger partial charge in [-0.15, -0.1) is 5.10 Å². The topological polar surface area (TPSA) is 102 Å². The van der Waals surface area contributed by atoms with Gasteiger partial charge < -0.3 is 9.73 Å². The Bertz CT molecular complexity index is 741. The van der Waals surface area contributed by atoms with Gasteiger partial charge in [0.25, 0.3) is 0 Å². The van der Waals surface area contributed by atoms with Crippen molar-refractivity contribution in [3.63, 3.8) is 0 Å². The first-order valence-electron chi connectivity index (χ1n) is 7.37. The van der Waals surface area contributed by atoms with Crippen molar-refractivity contribution in [3.05, 3.63) is 41.8 Å². The molecule has 0 radical (unpaired) electrons. The molecule has 1 aromatic heterocycles. The van der Waals surface area contributed by atoms with Crippen molar-refractivity contribution in [1.29, 1.82) is 0 Å². The van der Waals surface area contributed by atoms with Gasteiger partial charge in [0.05, 0.1) is 5.75 Å². The summed E-state index contributed by atoms with van der Waals surface area (Å²) in [6.45, 7) is 2.26. The van der Waals surface area contributed by atoms with Gasteiger partial charge in [0.15, 0.2) is 0 Å². The molecule has 8 heteroatoms. The number of nitrogens with zero attached hydrogens (tertiary/aromatic N) is 2. The number of amides is 1. The fourth-order valence-corrected chi connectivity index (χ4v) is 3.06. The number of hydrogen-bond donors (Lipinski definition) is 1. The minimum absolute atomic E-state index is 0.0262. The number of aromatic nitrogens is 2. The number of benzene rings is 1. The van der Waals surface area contributed by atoms with Crippen LogP contribution in [0.1, 0.15) is 31.2 Å². The monoisotopic (exact) mass is 337 g/mol. The summed E-state index contributed by atoms with van der Waals surface area (Å²) in [7, 11) is -3.65. The minimum atomic E-state index is -3.65. The van der Waals surface area contributed by atoms with E-state index in [1.165, 1.54) is 0 Å². The van der Waals surface area contributed by atoms with Gasteiger partial charge in [-0.25, -0.2) is 8.42 Å². The van der Waals surface area contributed by atoms with E-state index in [0.717, 1.165) is 0 Å². The van der Waals surface area contributed by atoms with Crippen LogP contribution in [0.5, 0.6) is 0 Å². The lowest BCUT2D eigenvalue weighted by molar-refractivity contribution is -0.120. The number of carbonyl (C=O) groups excluding carboxylic acids is 1. The van der Waals surface area contributed by atoms with E-state index in [9.17, 15) is 13.2 Å². The van der Waals surface area contributed by atoms with Gasteiger partial charge in [0, 0.05) is 19.4 Å². The molecule has 0 atom stereocenters. The Morgan fingerprint density at radius 1 is 1.22 bits per heavy atom. The van der Waals surface area contributed by atoms with Crippen LogP contribution < -0.4 is 5.32 Å². The molecule has 1 N–H and O–H groups in total. The van der Waals surface area contributed by atoms with Gasteiger partial charge in [-0.2, -0.15) is 0 Å². The summed E-state index contributed by atoms with van der Waals surface area (Å²) in [4.78, 5) is 11.1. The van der Waals surface area contributed by atoms with Crippen LogP contribution in [-0.4, -0.2) is 31.1 Å². The number of aryl methyl sites for hydroxylation is 1. The molecule has 0 fully saturated rings. The van der Waals surface area contributed by atoms with E-state index in [-0.39, 0.29) is 22.8 Å². The predicted molar refractivity (Wildman–Crippen MR) is 83.3 cm³/mol. The first kappa shape index (κ1) is 17.1. The lowest BCUT2D eigenvalue weighted by Gasteiger charge is -2.01. The normalized spacial score (nSPS) is 11.3. The predicted octanol–water partition coefficient (Wildman–Crippen LogP) is 1.50. The molecule has 0 unspecified atom stereocenters. The van der Waals surface area contributed by atoms with Gasteiger partial charge in [-0.05, 0) is 12.0 Å².